The molecule has 0 saturated carbocycles. The number of benzene rings is 3. The SMILES string of the molecule is Cc1cccc(COc2cccc(/C=C3\N=C(c4cccc(F)c4)OC3=O)c2)c1. The van der Waals surface area contributed by atoms with Gasteiger partial charge in [0.05, 0.1) is 0 Å². The van der Waals surface area contributed by atoms with Crippen LogP contribution < -0.4 is 4.74 Å². The van der Waals surface area contributed by atoms with Gasteiger partial charge in [-0.3, -0.25) is 0 Å². The van der Waals surface area contributed by atoms with Gasteiger partial charge in [0, 0.05) is 5.56 Å². The van der Waals surface area contributed by atoms with Gasteiger partial charge in [-0.1, -0.05) is 48.0 Å². The van der Waals surface area contributed by atoms with Gasteiger partial charge in [0.2, 0.25) is 5.90 Å². The number of halogens is 1. The van der Waals surface area contributed by atoms with Crippen LogP contribution in [-0.4, -0.2) is 11.9 Å². The second kappa shape index (κ2) is 8.10. The lowest BCUT2D eigenvalue weighted by Crippen LogP contribution is -2.05. The summed E-state index contributed by atoms with van der Waals surface area (Å²) in [4.78, 5) is 16.4. The van der Waals surface area contributed by atoms with Crippen LogP contribution in [-0.2, 0) is 16.1 Å². The van der Waals surface area contributed by atoms with Gasteiger partial charge in [-0.15, -0.1) is 0 Å². The summed E-state index contributed by atoms with van der Waals surface area (Å²) in [5.74, 6) is -0.221. The highest BCUT2D eigenvalue weighted by atomic mass is 19.1. The number of aliphatic imine (C=N–C) groups is 1. The summed E-state index contributed by atoms with van der Waals surface area (Å²) in [5, 5.41) is 0. The second-order valence-corrected chi connectivity index (χ2v) is 6.70. The maximum absolute atomic E-state index is 13.4. The van der Waals surface area contributed by atoms with E-state index in [4.69, 9.17) is 9.47 Å². The Morgan fingerprint density at radius 1 is 1.03 bits per heavy atom. The van der Waals surface area contributed by atoms with Gasteiger partial charge >= 0.3 is 5.97 Å². The van der Waals surface area contributed by atoms with E-state index >= 15 is 0 Å². The van der Waals surface area contributed by atoms with Gasteiger partial charge in [-0.05, 0) is 54.5 Å². The minimum Gasteiger partial charge on any atom is -0.489 e. The highest BCUT2D eigenvalue weighted by Crippen LogP contribution is 2.22. The molecule has 29 heavy (non-hydrogen) atoms. The van der Waals surface area contributed by atoms with Crippen LogP contribution in [0.1, 0.15) is 22.3 Å². The summed E-state index contributed by atoms with van der Waals surface area (Å²) in [6, 6.07) is 21.2. The van der Waals surface area contributed by atoms with Crippen LogP contribution in [0.3, 0.4) is 0 Å². The third kappa shape index (κ3) is 4.58. The lowest BCUT2D eigenvalue weighted by molar-refractivity contribution is -0.129. The fourth-order valence-corrected chi connectivity index (χ4v) is 2.97. The Balaban J connectivity index is 1.52. The van der Waals surface area contributed by atoms with Crippen molar-refractivity contribution < 1.29 is 18.7 Å². The van der Waals surface area contributed by atoms with Crippen LogP contribution >= 0.6 is 0 Å². The third-order valence-corrected chi connectivity index (χ3v) is 4.34. The lowest BCUT2D eigenvalue weighted by atomic mass is 10.1. The van der Waals surface area contributed by atoms with Gasteiger partial charge in [0.1, 0.15) is 18.2 Å². The van der Waals surface area contributed by atoms with Gasteiger partial charge in [0.25, 0.3) is 0 Å². The zero-order valence-corrected chi connectivity index (χ0v) is 15.8. The van der Waals surface area contributed by atoms with Crippen LogP contribution in [0.15, 0.2) is 83.5 Å². The smallest absolute Gasteiger partial charge is 0.363 e. The number of ether oxygens (including phenoxy) is 2. The van der Waals surface area contributed by atoms with Gasteiger partial charge < -0.3 is 9.47 Å². The molecule has 4 nitrogen and oxygen atoms in total. The molecular formula is C24H18FNO3. The standard InChI is InChI=1S/C24H18FNO3/c1-16-5-2-7-18(11-16)15-28-21-10-3-6-17(12-21)13-22-24(27)29-23(26-22)19-8-4-9-20(25)14-19/h2-14H,15H2,1H3/b22-13-. The number of hydrogen-bond acceptors (Lipinski definition) is 4. The van der Waals surface area contributed by atoms with Crippen molar-refractivity contribution >= 4 is 17.9 Å². The van der Waals surface area contributed by atoms with Gasteiger partial charge in [0.15, 0.2) is 5.70 Å². The first-order chi connectivity index (χ1) is 14.1. The molecule has 0 bridgehead atoms. The van der Waals surface area contributed by atoms with Gasteiger partial charge in [-0.25, -0.2) is 14.2 Å². The molecule has 1 aliphatic heterocycles. The zero-order valence-electron chi connectivity index (χ0n) is 15.8. The van der Waals surface area contributed by atoms with E-state index < -0.39 is 11.8 Å². The van der Waals surface area contributed by atoms with E-state index in [1.807, 2.05) is 49.4 Å². The van der Waals surface area contributed by atoms with Crippen molar-refractivity contribution in [3.63, 3.8) is 0 Å². The number of carbonyl (C=O) groups excluding carboxylic acids is 1. The maximum Gasteiger partial charge on any atom is 0.363 e. The average Bonchev–Trinajstić information content (AvgIpc) is 3.07. The van der Waals surface area contributed by atoms with E-state index in [-0.39, 0.29) is 11.6 Å². The highest BCUT2D eigenvalue weighted by Gasteiger charge is 2.24. The van der Waals surface area contributed by atoms with Crippen LogP contribution in [0.2, 0.25) is 0 Å². The Bertz CT molecular complexity index is 1130. The Morgan fingerprint density at radius 2 is 1.86 bits per heavy atom. The van der Waals surface area contributed by atoms with Crippen LogP contribution in [0, 0.1) is 12.7 Å². The summed E-state index contributed by atoms with van der Waals surface area (Å²) >= 11 is 0. The minimum absolute atomic E-state index is 0.0904. The third-order valence-electron chi connectivity index (χ3n) is 4.34. The first kappa shape index (κ1) is 18.6. The van der Waals surface area contributed by atoms with Crippen molar-refractivity contribution in [1.29, 1.82) is 0 Å². The molecule has 0 saturated heterocycles. The number of rotatable bonds is 5. The summed E-state index contributed by atoms with van der Waals surface area (Å²) in [7, 11) is 0. The lowest BCUT2D eigenvalue weighted by Gasteiger charge is -2.07. The molecule has 0 aliphatic carbocycles. The summed E-state index contributed by atoms with van der Waals surface area (Å²) in [6.45, 7) is 2.49. The molecule has 5 heteroatoms. The van der Waals surface area contributed by atoms with E-state index in [2.05, 4.69) is 11.1 Å². The first-order valence-corrected chi connectivity index (χ1v) is 9.14. The Hall–Kier alpha value is -3.73. The number of hydrogen-bond donors (Lipinski definition) is 0. The number of esters is 1. The summed E-state index contributed by atoms with van der Waals surface area (Å²) < 4.78 is 24.4. The molecule has 3 aromatic carbocycles. The molecule has 3 aromatic rings. The van der Waals surface area contributed by atoms with E-state index in [9.17, 15) is 9.18 Å². The van der Waals surface area contributed by atoms with Crippen molar-refractivity contribution in [3.05, 3.63) is 107 Å². The first-order valence-electron chi connectivity index (χ1n) is 9.14. The molecule has 0 N–H and O–H groups in total. The molecule has 0 amide bonds. The predicted octanol–water partition coefficient (Wildman–Crippen LogP) is 5.06. The molecule has 0 unspecified atom stereocenters. The zero-order chi connectivity index (χ0) is 20.2. The molecule has 0 fully saturated rings. The Kier molecular flexibility index (Phi) is 5.20. The van der Waals surface area contributed by atoms with Crippen LogP contribution in [0.25, 0.3) is 6.08 Å². The van der Waals surface area contributed by atoms with E-state index in [1.165, 1.54) is 23.8 Å². The largest absolute Gasteiger partial charge is 0.489 e. The molecule has 0 aromatic heterocycles. The van der Waals surface area contributed by atoms with E-state index in [1.54, 1.807) is 12.1 Å². The van der Waals surface area contributed by atoms with E-state index in [0.717, 1.165) is 11.1 Å². The quantitative estimate of drug-likeness (QED) is 0.454. The number of cyclic esters (lactones) is 1. The monoisotopic (exact) mass is 387 g/mol. The molecule has 4 rings (SSSR count). The molecule has 1 aliphatic rings. The predicted molar refractivity (Wildman–Crippen MR) is 109 cm³/mol. The van der Waals surface area contributed by atoms with Crippen molar-refractivity contribution in [1.82, 2.24) is 0 Å². The molecule has 0 radical (unpaired) electrons. The van der Waals surface area contributed by atoms with Gasteiger partial charge in [-0.2, -0.15) is 0 Å². The molecular weight excluding hydrogens is 369 g/mol. The van der Waals surface area contributed by atoms with Crippen LogP contribution in [0.5, 0.6) is 5.75 Å². The number of nitrogens with zero attached hydrogens (tertiary/aromatic N) is 1. The Labute approximate surface area is 167 Å². The maximum atomic E-state index is 13.4. The average molecular weight is 387 g/mol. The normalized spacial score (nSPS) is 14.6. The number of aryl methyl sites for hydroxylation is 1. The number of carbonyl (C=O) groups is 1. The Morgan fingerprint density at radius 3 is 2.69 bits per heavy atom. The fraction of sp³-hybridized carbons (Fsp3) is 0.0833. The van der Waals surface area contributed by atoms with Crippen molar-refractivity contribution in [2.24, 2.45) is 4.99 Å². The topological polar surface area (TPSA) is 47.9 Å². The molecule has 0 atom stereocenters. The summed E-state index contributed by atoms with van der Waals surface area (Å²) in [6.07, 6.45) is 1.62. The minimum atomic E-state index is -0.574. The fourth-order valence-electron chi connectivity index (χ4n) is 2.97. The van der Waals surface area contributed by atoms with Crippen molar-refractivity contribution in [3.8, 4) is 5.75 Å². The molecule has 144 valence electrons. The molecule has 0 spiro atoms. The second-order valence-electron chi connectivity index (χ2n) is 6.70. The van der Waals surface area contributed by atoms with Crippen molar-refractivity contribution in [2.45, 2.75) is 13.5 Å². The van der Waals surface area contributed by atoms with E-state index in [0.29, 0.717) is 17.9 Å². The van der Waals surface area contributed by atoms with Crippen LogP contribution in [0.4, 0.5) is 4.39 Å². The summed E-state index contributed by atoms with van der Waals surface area (Å²) in [5.41, 5.74) is 3.58. The van der Waals surface area contributed by atoms with Crippen molar-refractivity contribution in [2.75, 3.05) is 0 Å². The molecule has 1 heterocycles. The highest BCUT2D eigenvalue weighted by molar-refractivity contribution is 6.12.